The molecule has 0 unspecified atom stereocenters. The fraction of sp³-hybridized carbons (Fsp3) is 0.417. The standard InChI is InChI=1S/C12H17N3/c1-4-11-10-7-9(8-15(2)3)5-6-12(10)14-13-11/h5-7H,4,8H2,1-3H3,(H,13,14). The molecule has 0 bridgehead atoms. The molecule has 0 aliphatic heterocycles. The zero-order valence-corrected chi connectivity index (χ0v) is 9.54. The summed E-state index contributed by atoms with van der Waals surface area (Å²) in [4.78, 5) is 2.17. The zero-order chi connectivity index (χ0) is 10.8. The molecule has 1 aromatic carbocycles. The third-order valence-corrected chi connectivity index (χ3v) is 2.55. The number of nitrogens with zero attached hydrogens (tertiary/aromatic N) is 2. The molecule has 2 rings (SSSR count). The summed E-state index contributed by atoms with van der Waals surface area (Å²) in [6.07, 6.45) is 1.00. The van der Waals surface area contributed by atoms with Crippen LogP contribution in [0.2, 0.25) is 0 Å². The van der Waals surface area contributed by atoms with E-state index in [1.807, 2.05) is 0 Å². The highest BCUT2D eigenvalue weighted by atomic mass is 15.1. The lowest BCUT2D eigenvalue weighted by atomic mass is 10.1. The van der Waals surface area contributed by atoms with E-state index in [2.05, 4.69) is 54.3 Å². The molecule has 0 atom stereocenters. The first-order valence-electron chi connectivity index (χ1n) is 5.31. The predicted molar refractivity (Wildman–Crippen MR) is 62.9 cm³/mol. The summed E-state index contributed by atoms with van der Waals surface area (Å²) in [7, 11) is 4.17. The van der Waals surface area contributed by atoms with Crippen LogP contribution in [0.3, 0.4) is 0 Å². The van der Waals surface area contributed by atoms with Gasteiger partial charge in [0.15, 0.2) is 0 Å². The SMILES string of the molecule is CCc1[nH]nc2ccc(CN(C)C)cc12. The molecule has 1 aromatic heterocycles. The Labute approximate surface area is 90.1 Å². The lowest BCUT2D eigenvalue weighted by Gasteiger charge is -2.09. The summed E-state index contributed by atoms with van der Waals surface area (Å²) in [5.74, 6) is 0. The van der Waals surface area contributed by atoms with Gasteiger partial charge in [0.25, 0.3) is 0 Å². The van der Waals surface area contributed by atoms with E-state index >= 15 is 0 Å². The van der Waals surface area contributed by atoms with Gasteiger partial charge in [0, 0.05) is 17.6 Å². The Morgan fingerprint density at radius 2 is 2.13 bits per heavy atom. The number of H-pyrrole nitrogens is 1. The number of hydrogen-bond donors (Lipinski definition) is 1. The molecule has 1 heterocycles. The van der Waals surface area contributed by atoms with Crippen LogP contribution in [0, 0.1) is 0 Å². The maximum absolute atomic E-state index is 4.27. The van der Waals surface area contributed by atoms with Crippen molar-refractivity contribution in [2.75, 3.05) is 14.1 Å². The molecule has 0 aliphatic carbocycles. The van der Waals surface area contributed by atoms with Crippen molar-refractivity contribution in [2.45, 2.75) is 19.9 Å². The van der Waals surface area contributed by atoms with Crippen LogP contribution in [0.4, 0.5) is 0 Å². The number of hydrogen-bond acceptors (Lipinski definition) is 2. The summed E-state index contributed by atoms with van der Waals surface area (Å²) in [5, 5.41) is 8.61. The van der Waals surface area contributed by atoms with Crippen molar-refractivity contribution in [3.05, 3.63) is 29.5 Å². The number of fused-ring (bicyclic) bond motifs is 1. The van der Waals surface area contributed by atoms with E-state index in [1.54, 1.807) is 0 Å². The average Bonchev–Trinajstić information content (AvgIpc) is 2.59. The van der Waals surface area contributed by atoms with Gasteiger partial charge in [-0.25, -0.2) is 0 Å². The van der Waals surface area contributed by atoms with Gasteiger partial charge >= 0.3 is 0 Å². The second kappa shape index (κ2) is 4.03. The number of aromatic nitrogens is 2. The zero-order valence-electron chi connectivity index (χ0n) is 9.54. The molecule has 15 heavy (non-hydrogen) atoms. The Hall–Kier alpha value is -1.35. The number of aromatic amines is 1. The third kappa shape index (κ3) is 2.02. The smallest absolute Gasteiger partial charge is 0.0923 e. The highest BCUT2D eigenvalue weighted by molar-refractivity contribution is 5.82. The minimum absolute atomic E-state index is 0.976. The molecule has 2 aromatic rings. The lowest BCUT2D eigenvalue weighted by Crippen LogP contribution is -2.10. The summed E-state index contributed by atoms with van der Waals surface area (Å²) in [6.45, 7) is 3.12. The highest BCUT2D eigenvalue weighted by Gasteiger charge is 2.04. The van der Waals surface area contributed by atoms with Crippen LogP contribution in [0.25, 0.3) is 10.9 Å². The Morgan fingerprint density at radius 1 is 1.33 bits per heavy atom. The maximum atomic E-state index is 4.27. The topological polar surface area (TPSA) is 31.9 Å². The first-order valence-corrected chi connectivity index (χ1v) is 5.31. The van der Waals surface area contributed by atoms with Gasteiger partial charge in [-0.2, -0.15) is 5.10 Å². The van der Waals surface area contributed by atoms with Gasteiger partial charge in [-0.05, 0) is 38.2 Å². The van der Waals surface area contributed by atoms with Gasteiger partial charge < -0.3 is 4.90 Å². The third-order valence-electron chi connectivity index (χ3n) is 2.55. The summed E-state index contributed by atoms with van der Waals surface area (Å²) in [6, 6.07) is 6.46. The van der Waals surface area contributed by atoms with Crippen molar-refractivity contribution < 1.29 is 0 Å². The second-order valence-corrected chi connectivity index (χ2v) is 4.14. The van der Waals surface area contributed by atoms with E-state index in [-0.39, 0.29) is 0 Å². The van der Waals surface area contributed by atoms with Crippen LogP contribution < -0.4 is 0 Å². The summed E-state index contributed by atoms with van der Waals surface area (Å²) < 4.78 is 0. The molecule has 0 radical (unpaired) electrons. The molecule has 0 spiro atoms. The van der Waals surface area contributed by atoms with Gasteiger partial charge in [0.05, 0.1) is 5.52 Å². The molecule has 0 amide bonds. The van der Waals surface area contributed by atoms with Crippen molar-refractivity contribution >= 4 is 10.9 Å². The Morgan fingerprint density at radius 3 is 2.80 bits per heavy atom. The highest BCUT2D eigenvalue weighted by Crippen LogP contribution is 2.18. The Balaban J connectivity index is 2.43. The van der Waals surface area contributed by atoms with E-state index in [0.717, 1.165) is 18.5 Å². The second-order valence-electron chi connectivity index (χ2n) is 4.14. The van der Waals surface area contributed by atoms with Crippen molar-refractivity contribution in [3.63, 3.8) is 0 Å². The molecule has 80 valence electrons. The van der Waals surface area contributed by atoms with Crippen molar-refractivity contribution in [3.8, 4) is 0 Å². The molecule has 0 fully saturated rings. The van der Waals surface area contributed by atoms with E-state index < -0.39 is 0 Å². The first-order chi connectivity index (χ1) is 7.20. The van der Waals surface area contributed by atoms with E-state index in [9.17, 15) is 0 Å². The van der Waals surface area contributed by atoms with E-state index in [0.29, 0.717) is 0 Å². The number of rotatable bonds is 3. The van der Waals surface area contributed by atoms with Crippen LogP contribution in [0.5, 0.6) is 0 Å². The normalized spacial score (nSPS) is 11.5. The monoisotopic (exact) mass is 203 g/mol. The first kappa shape index (κ1) is 10.2. The molecule has 0 saturated carbocycles. The van der Waals surface area contributed by atoms with Gasteiger partial charge in [0.2, 0.25) is 0 Å². The summed E-state index contributed by atoms with van der Waals surface area (Å²) in [5.41, 5.74) is 3.63. The molecule has 0 saturated heterocycles. The van der Waals surface area contributed by atoms with E-state index in [1.165, 1.54) is 16.6 Å². The number of nitrogens with one attached hydrogen (secondary N) is 1. The van der Waals surface area contributed by atoms with Crippen LogP contribution in [-0.2, 0) is 13.0 Å². The molecule has 3 heteroatoms. The Kier molecular flexibility index (Phi) is 2.73. The fourth-order valence-electron chi connectivity index (χ4n) is 1.84. The Bertz CT molecular complexity index is 457. The van der Waals surface area contributed by atoms with Crippen molar-refractivity contribution in [1.82, 2.24) is 15.1 Å². The van der Waals surface area contributed by atoms with Crippen LogP contribution in [-0.4, -0.2) is 29.2 Å². The lowest BCUT2D eigenvalue weighted by molar-refractivity contribution is 0.403. The largest absolute Gasteiger partial charge is 0.305 e. The van der Waals surface area contributed by atoms with Gasteiger partial charge in [0.1, 0.15) is 0 Å². The van der Waals surface area contributed by atoms with Gasteiger partial charge in [-0.3, -0.25) is 5.10 Å². The van der Waals surface area contributed by atoms with Gasteiger partial charge in [-0.15, -0.1) is 0 Å². The molecule has 3 nitrogen and oxygen atoms in total. The quantitative estimate of drug-likeness (QED) is 0.829. The van der Waals surface area contributed by atoms with Gasteiger partial charge in [-0.1, -0.05) is 13.0 Å². The number of benzene rings is 1. The maximum Gasteiger partial charge on any atom is 0.0923 e. The number of aryl methyl sites for hydroxylation is 1. The summed E-state index contributed by atoms with van der Waals surface area (Å²) >= 11 is 0. The van der Waals surface area contributed by atoms with Crippen LogP contribution >= 0.6 is 0 Å². The average molecular weight is 203 g/mol. The molecule has 0 aliphatic rings. The van der Waals surface area contributed by atoms with Crippen LogP contribution in [0.15, 0.2) is 18.2 Å². The predicted octanol–water partition coefficient (Wildman–Crippen LogP) is 2.19. The van der Waals surface area contributed by atoms with Crippen LogP contribution in [0.1, 0.15) is 18.2 Å². The van der Waals surface area contributed by atoms with Crippen molar-refractivity contribution in [1.29, 1.82) is 0 Å². The van der Waals surface area contributed by atoms with E-state index in [4.69, 9.17) is 0 Å². The molecule has 1 N–H and O–H groups in total. The molecular weight excluding hydrogens is 186 g/mol. The minimum Gasteiger partial charge on any atom is -0.305 e. The molecular formula is C12H17N3. The van der Waals surface area contributed by atoms with Crippen molar-refractivity contribution in [2.24, 2.45) is 0 Å². The fourth-order valence-corrected chi connectivity index (χ4v) is 1.84. The minimum atomic E-state index is 0.976.